The molecule has 0 heterocycles. The zero-order valence-electron chi connectivity index (χ0n) is 7.57. The highest BCUT2D eigenvalue weighted by molar-refractivity contribution is 6.33. The molecule has 0 unspecified atom stereocenters. The van der Waals surface area contributed by atoms with Gasteiger partial charge in [-0.05, 0) is 6.07 Å². The van der Waals surface area contributed by atoms with E-state index in [9.17, 15) is 14.9 Å². The number of nitrogens with one attached hydrogen (secondary N) is 1. The van der Waals surface area contributed by atoms with E-state index in [4.69, 9.17) is 17.3 Å². The molecule has 0 fully saturated rings. The summed E-state index contributed by atoms with van der Waals surface area (Å²) < 4.78 is 0. The lowest BCUT2D eigenvalue weighted by molar-refractivity contribution is -0.383. The largest absolute Gasteiger partial charge is 0.369 e. The zero-order valence-corrected chi connectivity index (χ0v) is 8.32. The number of rotatable bonds is 4. The predicted molar refractivity (Wildman–Crippen MR) is 55.8 cm³/mol. The summed E-state index contributed by atoms with van der Waals surface area (Å²) in [4.78, 5) is 20.5. The second-order valence-electron chi connectivity index (χ2n) is 2.71. The van der Waals surface area contributed by atoms with E-state index in [0.717, 1.165) is 0 Å². The molecule has 3 N–H and O–H groups in total. The van der Waals surface area contributed by atoms with E-state index in [-0.39, 0.29) is 22.9 Å². The Morgan fingerprint density at radius 3 is 2.80 bits per heavy atom. The van der Waals surface area contributed by atoms with Crippen molar-refractivity contribution in [2.75, 3.05) is 11.9 Å². The quantitative estimate of drug-likeness (QED) is 0.598. The van der Waals surface area contributed by atoms with Gasteiger partial charge in [-0.25, -0.2) is 0 Å². The molecule has 0 bridgehead atoms. The Morgan fingerprint density at radius 1 is 1.60 bits per heavy atom. The van der Waals surface area contributed by atoms with Crippen LogP contribution in [0.25, 0.3) is 0 Å². The van der Waals surface area contributed by atoms with Crippen molar-refractivity contribution < 1.29 is 9.72 Å². The van der Waals surface area contributed by atoms with E-state index in [1.165, 1.54) is 18.2 Å². The van der Waals surface area contributed by atoms with Gasteiger partial charge in [0.25, 0.3) is 5.69 Å². The average molecular weight is 230 g/mol. The molecule has 0 aliphatic rings. The molecule has 0 aromatic heterocycles. The molecule has 6 nitrogen and oxygen atoms in total. The van der Waals surface area contributed by atoms with Crippen LogP contribution in [0.3, 0.4) is 0 Å². The van der Waals surface area contributed by atoms with E-state index >= 15 is 0 Å². The molecule has 0 atom stereocenters. The fraction of sp³-hybridized carbons (Fsp3) is 0.125. The summed E-state index contributed by atoms with van der Waals surface area (Å²) in [6, 6.07) is 4.23. The molecule has 1 aromatic carbocycles. The van der Waals surface area contributed by atoms with Crippen LogP contribution in [0.5, 0.6) is 0 Å². The van der Waals surface area contributed by atoms with Gasteiger partial charge in [0.1, 0.15) is 5.69 Å². The maximum absolute atomic E-state index is 10.6. The van der Waals surface area contributed by atoms with Crippen molar-refractivity contribution in [3.63, 3.8) is 0 Å². The van der Waals surface area contributed by atoms with E-state index in [2.05, 4.69) is 5.32 Å². The standard InChI is InChI=1S/C8H8ClN3O3/c9-5-2-1-3-6(12(14)15)8(5)11-4-7(10)13/h1-3,11H,4H2,(H2,10,13). The number of amides is 1. The Morgan fingerprint density at radius 2 is 2.27 bits per heavy atom. The molecule has 15 heavy (non-hydrogen) atoms. The van der Waals surface area contributed by atoms with Gasteiger partial charge in [0.2, 0.25) is 5.91 Å². The van der Waals surface area contributed by atoms with Gasteiger partial charge in [0, 0.05) is 6.07 Å². The fourth-order valence-corrected chi connectivity index (χ4v) is 1.25. The van der Waals surface area contributed by atoms with Gasteiger partial charge >= 0.3 is 0 Å². The number of nitrogens with two attached hydrogens (primary N) is 1. The summed E-state index contributed by atoms with van der Waals surface area (Å²) in [5, 5.41) is 13.3. The molecular formula is C8H8ClN3O3. The van der Waals surface area contributed by atoms with Crippen LogP contribution in [0.15, 0.2) is 18.2 Å². The van der Waals surface area contributed by atoms with Gasteiger partial charge in [-0.2, -0.15) is 0 Å². The van der Waals surface area contributed by atoms with Crippen molar-refractivity contribution >= 4 is 28.9 Å². The molecule has 1 amide bonds. The van der Waals surface area contributed by atoms with Crippen LogP contribution in [-0.4, -0.2) is 17.4 Å². The van der Waals surface area contributed by atoms with Gasteiger partial charge in [-0.1, -0.05) is 17.7 Å². The van der Waals surface area contributed by atoms with Crippen LogP contribution in [0.4, 0.5) is 11.4 Å². The monoisotopic (exact) mass is 229 g/mol. The highest BCUT2D eigenvalue weighted by Crippen LogP contribution is 2.31. The number of carbonyl (C=O) groups excluding carboxylic acids is 1. The molecule has 0 radical (unpaired) electrons. The van der Waals surface area contributed by atoms with Crippen LogP contribution in [0.2, 0.25) is 5.02 Å². The summed E-state index contributed by atoms with van der Waals surface area (Å²) in [6.07, 6.45) is 0. The first-order valence-electron chi connectivity index (χ1n) is 3.97. The number of nitrogens with zero attached hydrogens (tertiary/aromatic N) is 1. The van der Waals surface area contributed by atoms with Gasteiger partial charge < -0.3 is 11.1 Å². The van der Waals surface area contributed by atoms with Crippen molar-refractivity contribution in [1.29, 1.82) is 0 Å². The zero-order chi connectivity index (χ0) is 11.4. The van der Waals surface area contributed by atoms with Crippen LogP contribution in [-0.2, 0) is 4.79 Å². The molecule has 1 aromatic rings. The molecule has 80 valence electrons. The molecular weight excluding hydrogens is 222 g/mol. The number of nitro groups is 1. The number of nitro benzene ring substituents is 1. The Hall–Kier alpha value is -1.82. The minimum absolute atomic E-state index is 0.1000. The molecule has 0 spiro atoms. The number of benzene rings is 1. The van der Waals surface area contributed by atoms with Gasteiger partial charge in [0.15, 0.2) is 0 Å². The third kappa shape index (κ3) is 2.81. The first-order chi connectivity index (χ1) is 7.02. The summed E-state index contributed by atoms with van der Waals surface area (Å²) in [7, 11) is 0. The SMILES string of the molecule is NC(=O)CNc1c(Cl)cccc1[N+](=O)[O-]. The molecule has 0 saturated carbocycles. The average Bonchev–Trinajstić information content (AvgIpc) is 2.15. The number of primary amides is 1. The number of carbonyl (C=O) groups is 1. The van der Waals surface area contributed by atoms with Crippen molar-refractivity contribution in [3.05, 3.63) is 33.3 Å². The summed E-state index contributed by atoms with van der Waals surface area (Å²) in [5.41, 5.74) is 4.81. The fourth-order valence-electron chi connectivity index (χ4n) is 1.02. The van der Waals surface area contributed by atoms with Crippen LogP contribution in [0, 0.1) is 10.1 Å². The lowest BCUT2D eigenvalue weighted by Gasteiger charge is -2.06. The molecule has 0 saturated heterocycles. The van der Waals surface area contributed by atoms with E-state index in [0.29, 0.717) is 0 Å². The maximum atomic E-state index is 10.6. The van der Waals surface area contributed by atoms with Gasteiger partial charge in [-0.15, -0.1) is 0 Å². The van der Waals surface area contributed by atoms with Crippen LogP contribution < -0.4 is 11.1 Å². The van der Waals surface area contributed by atoms with Gasteiger partial charge in [-0.3, -0.25) is 14.9 Å². The minimum Gasteiger partial charge on any atom is -0.369 e. The number of hydrogen-bond acceptors (Lipinski definition) is 4. The van der Waals surface area contributed by atoms with Gasteiger partial charge in [0.05, 0.1) is 16.5 Å². The Kier molecular flexibility index (Phi) is 3.46. The first kappa shape index (κ1) is 11.3. The molecule has 0 aliphatic carbocycles. The third-order valence-electron chi connectivity index (χ3n) is 1.63. The smallest absolute Gasteiger partial charge is 0.293 e. The summed E-state index contributed by atoms with van der Waals surface area (Å²) in [5.74, 6) is -0.621. The molecule has 1 rings (SSSR count). The Bertz CT molecular complexity index is 408. The highest BCUT2D eigenvalue weighted by Gasteiger charge is 2.16. The second-order valence-corrected chi connectivity index (χ2v) is 3.12. The van der Waals surface area contributed by atoms with Crippen molar-refractivity contribution in [1.82, 2.24) is 0 Å². The summed E-state index contributed by atoms with van der Waals surface area (Å²) in [6.45, 7) is -0.204. The maximum Gasteiger partial charge on any atom is 0.293 e. The number of hydrogen-bond donors (Lipinski definition) is 2. The number of para-hydroxylation sites is 1. The van der Waals surface area contributed by atoms with E-state index in [1.807, 2.05) is 0 Å². The second kappa shape index (κ2) is 4.61. The highest BCUT2D eigenvalue weighted by atomic mass is 35.5. The first-order valence-corrected chi connectivity index (χ1v) is 4.35. The third-order valence-corrected chi connectivity index (χ3v) is 1.94. The van der Waals surface area contributed by atoms with Crippen molar-refractivity contribution in [2.24, 2.45) is 5.73 Å². The predicted octanol–water partition coefficient (Wildman–Crippen LogP) is 1.15. The number of anilines is 1. The minimum atomic E-state index is -0.621. The van der Waals surface area contributed by atoms with Crippen LogP contribution in [0.1, 0.15) is 0 Å². The normalized spacial score (nSPS) is 9.67. The van der Waals surface area contributed by atoms with Crippen molar-refractivity contribution in [2.45, 2.75) is 0 Å². The summed E-state index contributed by atoms with van der Waals surface area (Å²) >= 11 is 5.74. The van der Waals surface area contributed by atoms with E-state index in [1.54, 1.807) is 0 Å². The number of halogens is 1. The molecule has 7 heteroatoms. The Balaban J connectivity index is 3.02. The van der Waals surface area contributed by atoms with Crippen LogP contribution >= 0.6 is 11.6 Å². The van der Waals surface area contributed by atoms with Crippen molar-refractivity contribution in [3.8, 4) is 0 Å². The topological polar surface area (TPSA) is 98.3 Å². The lowest BCUT2D eigenvalue weighted by Crippen LogP contribution is -2.22. The lowest BCUT2D eigenvalue weighted by atomic mass is 10.2. The molecule has 0 aliphatic heterocycles. The van der Waals surface area contributed by atoms with E-state index < -0.39 is 10.8 Å². The Labute approximate surface area is 90.2 Å².